The van der Waals surface area contributed by atoms with E-state index in [1.807, 2.05) is 0 Å². The van der Waals surface area contributed by atoms with Crippen LogP contribution in [-0.2, 0) is 0 Å². The quantitative estimate of drug-likeness (QED) is 0.553. The van der Waals surface area contributed by atoms with Gasteiger partial charge in [-0.25, -0.2) is 0 Å². The lowest BCUT2D eigenvalue weighted by Gasteiger charge is -2.22. The van der Waals surface area contributed by atoms with Crippen molar-refractivity contribution in [2.24, 2.45) is 5.92 Å². The molecule has 0 aromatic heterocycles. The summed E-state index contributed by atoms with van der Waals surface area (Å²) >= 11 is 0. The van der Waals surface area contributed by atoms with E-state index in [0.717, 1.165) is 6.42 Å². The molecule has 0 heterocycles. The van der Waals surface area contributed by atoms with Gasteiger partial charge in [0.05, 0.1) is 6.61 Å². The molecule has 0 fully saturated rings. The van der Waals surface area contributed by atoms with Gasteiger partial charge < -0.3 is 5.11 Å². The van der Waals surface area contributed by atoms with Gasteiger partial charge in [0.1, 0.15) is 0 Å². The predicted molar refractivity (Wildman–Crippen MR) is 42.8 cm³/mol. The molecule has 1 nitrogen and oxygen atoms in total. The van der Waals surface area contributed by atoms with Gasteiger partial charge in [-0.3, -0.25) is 0 Å². The summed E-state index contributed by atoms with van der Waals surface area (Å²) in [7, 11) is 0. The number of rotatable bonds is 1. The minimum atomic E-state index is 0.274. The molecule has 0 saturated carbocycles. The third-order valence-electron chi connectivity index (χ3n) is 2.60. The van der Waals surface area contributed by atoms with E-state index in [4.69, 9.17) is 5.11 Å². The van der Waals surface area contributed by atoms with Crippen LogP contribution in [0.15, 0.2) is 11.1 Å². The Labute approximate surface area is 62.8 Å². The van der Waals surface area contributed by atoms with Crippen molar-refractivity contribution in [1.29, 1.82) is 0 Å². The second-order valence-corrected chi connectivity index (χ2v) is 3.24. The van der Waals surface area contributed by atoms with Gasteiger partial charge in [-0.2, -0.15) is 0 Å². The minimum absolute atomic E-state index is 0.274. The predicted octanol–water partition coefficient (Wildman–Crippen LogP) is 2.12. The first-order chi connectivity index (χ1) is 4.75. The molecule has 1 N–H and O–H groups in total. The minimum Gasteiger partial charge on any atom is -0.392 e. The number of aliphatic hydroxyl groups is 1. The van der Waals surface area contributed by atoms with Crippen molar-refractivity contribution in [3.05, 3.63) is 11.1 Å². The maximum Gasteiger partial charge on any atom is 0.0644 e. The Balaban J connectivity index is 2.72. The van der Waals surface area contributed by atoms with Crippen LogP contribution in [0.3, 0.4) is 0 Å². The van der Waals surface area contributed by atoms with Crippen molar-refractivity contribution in [2.45, 2.75) is 33.1 Å². The van der Waals surface area contributed by atoms with Crippen molar-refractivity contribution in [2.75, 3.05) is 6.61 Å². The topological polar surface area (TPSA) is 20.2 Å². The van der Waals surface area contributed by atoms with E-state index in [1.165, 1.54) is 24.0 Å². The van der Waals surface area contributed by atoms with Crippen LogP contribution in [0.2, 0.25) is 0 Å². The Hall–Kier alpha value is -0.300. The number of hydrogen-bond donors (Lipinski definition) is 1. The second-order valence-electron chi connectivity index (χ2n) is 3.24. The molecule has 0 saturated heterocycles. The summed E-state index contributed by atoms with van der Waals surface area (Å²) in [5.41, 5.74) is 2.70. The Morgan fingerprint density at radius 2 is 2.30 bits per heavy atom. The van der Waals surface area contributed by atoms with E-state index in [1.54, 1.807) is 0 Å². The largest absolute Gasteiger partial charge is 0.392 e. The van der Waals surface area contributed by atoms with Gasteiger partial charge in [0.15, 0.2) is 0 Å². The lowest BCUT2D eigenvalue weighted by Crippen LogP contribution is -2.09. The second kappa shape index (κ2) is 3.20. The monoisotopic (exact) mass is 140 g/mol. The van der Waals surface area contributed by atoms with Crippen LogP contribution < -0.4 is 0 Å². The lowest BCUT2D eigenvalue weighted by molar-refractivity contribution is 0.316. The molecule has 1 rings (SSSR count). The van der Waals surface area contributed by atoms with Crippen LogP contribution >= 0.6 is 0 Å². The molecule has 1 aliphatic rings. The van der Waals surface area contributed by atoms with Crippen LogP contribution in [-0.4, -0.2) is 11.7 Å². The Morgan fingerprint density at radius 1 is 1.60 bits per heavy atom. The molecule has 10 heavy (non-hydrogen) atoms. The van der Waals surface area contributed by atoms with Gasteiger partial charge in [-0.1, -0.05) is 12.5 Å². The molecule has 0 aromatic rings. The van der Waals surface area contributed by atoms with Gasteiger partial charge in [0.2, 0.25) is 0 Å². The summed E-state index contributed by atoms with van der Waals surface area (Å²) in [6.45, 7) is 4.66. The third kappa shape index (κ3) is 1.40. The molecule has 1 aliphatic carbocycles. The molecular formula is C9H16O. The van der Waals surface area contributed by atoms with Crippen LogP contribution in [0.5, 0.6) is 0 Å². The average molecular weight is 140 g/mol. The fourth-order valence-corrected chi connectivity index (χ4v) is 1.59. The van der Waals surface area contributed by atoms with Gasteiger partial charge in [-0.15, -0.1) is 0 Å². The molecule has 0 radical (unpaired) electrons. The van der Waals surface area contributed by atoms with Gasteiger partial charge in [-0.05, 0) is 37.7 Å². The van der Waals surface area contributed by atoms with Gasteiger partial charge >= 0.3 is 0 Å². The first-order valence-electron chi connectivity index (χ1n) is 4.05. The maximum atomic E-state index is 8.92. The zero-order chi connectivity index (χ0) is 7.56. The van der Waals surface area contributed by atoms with Gasteiger partial charge in [0.25, 0.3) is 0 Å². The summed E-state index contributed by atoms with van der Waals surface area (Å²) < 4.78 is 0. The lowest BCUT2D eigenvalue weighted by atomic mass is 9.85. The standard InChI is InChI=1S/C9H16O/c1-7-4-3-5-9(6-10)8(7)2/h7,10H,3-6H2,1-2H3. The summed E-state index contributed by atoms with van der Waals surface area (Å²) in [5, 5.41) is 8.92. The van der Waals surface area contributed by atoms with Crippen LogP contribution in [0.1, 0.15) is 33.1 Å². The van der Waals surface area contributed by atoms with Crippen molar-refractivity contribution in [3.8, 4) is 0 Å². The summed E-state index contributed by atoms with van der Waals surface area (Å²) in [5.74, 6) is 0.705. The summed E-state index contributed by atoms with van der Waals surface area (Å²) in [6.07, 6.45) is 3.68. The highest BCUT2D eigenvalue weighted by molar-refractivity contribution is 5.17. The summed E-state index contributed by atoms with van der Waals surface area (Å²) in [4.78, 5) is 0. The molecule has 58 valence electrons. The van der Waals surface area contributed by atoms with Crippen molar-refractivity contribution >= 4 is 0 Å². The highest BCUT2D eigenvalue weighted by Crippen LogP contribution is 2.28. The zero-order valence-corrected chi connectivity index (χ0v) is 6.85. The van der Waals surface area contributed by atoms with Crippen molar-refractivity contribution in [1.82, 2.24) is 0 Å². The first-order valence-corrected chi connectivity index (χ1v) is 4.05. The molecule has 0 aliphatic heterocycles. The summed E-state index contributed by atoms with van der Waals surface area (Å²) in [6, 6.07) is 0. The molecule has 0 spiro atoms. The fraction of sp³-hybridized carbons (Fsp3) is 0.778. The van der Waals surface area contributed by atoms with E-state index >= 15 is 0 Å². The molecule has 0 amide bonds. The number of aliphatic hydroxyl groups excluding tert-OH is 1. The molecule has 0 bridgehead atoms. The highest BCUT2D eigenvalue weighted by atomic mass is 16.3. The van der Waals surface area contributed by atoms with Crippen LogP contribution in [0.4, 0.5) is 0 Å². The smallest absolute Gasteiger partial charge is 0.0644 e. The molecule has 1 atom stereocenters. The highest BCUT2D eigenvalue weighted by Gasteiger charge is 2.14. The van der Waals surface area contributed by atoms with E-state index in [9.17, 15) is 0 Å². The fourth-order valence-electron chi connectivity index (χ4n) is 1.59. The first kappa shape index (κ1) is 7.80. The Kier molecular flexibility index (Phi) is 2.50. The zero-order valence-electron chi connectivity index (χ0n) is 6.85. The van der Waals surface area contributed by atoms with Crippen molar-refractivity contribution < 1.29 is 5.11 Å². The third-order valence-corrected chi connectivity index (χ3v) is 2.60. The average Bonchev–Trinajstić information content (AvgIpc) is 1.95. The molecule has 1 unspecified atom stereocenters. The normalized spacial score (nSPS) is 27.3. The number of allylic oxidation sites excluding steroid dienone is 1. The van der Waals surface area contributed by atoms with Crippen LogP contribution in [0.25, 0.3) is 0 Å². The Morgan fingerprint density at radius 3 is 2.80 bits per heavy atom. The van der Waals surface area contributed by atoms with E-state index in [0.29, 0.717) is 5.92 Å². The molecule has 0 aromatic carbocycles. The van der Waals surface area contributed by atoms with E-state index < -0.39 is 0 Å². The Bertz CT molecular complexity index is 147. The SMILES string of the molecule is CC1=C(CO)CCCC1C. The molecular weight excluding hydrogens is 124 g/mol. The maximum absolute atomic E-state index is 8.92. The van der Waals surface area contributed by atoms with Crippen LogP contribution in [0, 0.1) is 5.92 Å². The number of hydrogen-bond acceptors (Lipinski definition) is 1. The van der Waals surface area contributed by atoms with E-state index in [-0.39, 0.29) is 6.61 Å². The van der Waals surface area contributed by atoms with Gasteiger partial charge in [0, 0.05) is 0 Å². The molecule has 1 heteroatoms. The van der Waals surface area contributed by atoms with Crippen molar-refractivity contribution in [3.63, 3.8) is 0 Å². The van der Waals surface area contributed by atoms with E-state index in [2.05, 4.69) is 13.8 Å².